The fourth-order valence-electron chi connectivity index (χ4n) is 1.57. The molecule has 0 aliphatic carbocycles. The Morgan fingerprint density at radius 3 is 2.93 bits per heavy atom. The molecule has 0 aromatic carbocycles. The van der Waals surface area contributed by atoms with Gasteiger partial charge in [0, 0.05) is 18.8 Å². The third-order valence-electron chi connectivity index (χ3n) is 2.33. The molecule has 0 aliphatic heterocycles. The van der Waals surface area contributed by atoms with Gasteiger partial charge in [-0.05, 0) is 31.4 Å². The Bertz CT molecular complexity index is 266. The molecule has 86 valence electrons. The number of hydrogen-bond acceptors (Lipinski definition) is 2. The smallest absolute Gasteiger partial charge is 0.0521 e. The molecule has 0 bridgehead atoms. The summed E-state index contributed by atoms with van der Waals surface area (Å²) in [5.41, 5.74) is 1.36. The van der Waals surface area contributed by atoms with Crippen molar-refractivity contribution in [3.8, 4) is 0 Å². The number of hydrogen-bond donors (Lipinski definition) is 1. The van der Waals surface area contributed by atoms with Gasteiger partial charge in [-0.3, -0.25) is 4.68 Å². The SMILES string of the molecule is CCCn1cc(CCCNC(C)C)cn1. The summed E-state index contributed by atoms with van der Waals surface area (Å²) in [6.45, 7) is 8.66. The molecule has 0 amide bonds. The second-order valence-electron chi connectivity index (χ2n) is 4.32. The van der Waals surface area contributed by atoms with Crippen LogP contribution in [-0.2, 0) is 13.0 Å². The maximum Gasteiger partial charge on any atom is 0.0521 e. The highest BCUT2D eigenvalue weighted by Gasteiger charge is 1.98. The molecule has 0 atom stereocenters. The maximum absolute atomic E-state index is 4.32. The zero-order valence-corrected chi connectivity index (χ0v) is 10.2. The van der Waals surface area contributed by atoms with Gasteiger partial charge < -0.3 is 5.32 Å². The molecule has 1 N–H and O–H groups in total. The molecular weight excluding hydrogens is 186 g/mol. The lowest BCUT2D eigenvalue weighted by Crippen LogP contribution is -2.23. The Morgan fingerprint density at radius 2 is 2.27 bits per heavy atom. The molecule has 0 fully saturated rings. The first-order valence-electron chi connectivity index (χ1n) is 5.97. The van der Waals surface area contributed by atoms with Crippen LogP contribution in [0.4, 0.5) is 0 Å². The molecule has 0 spiro atoms. The average Bonchev–Trinajstić information content (AvgIpc) is 2.61. The van der Waals surface area contributed by atoms with E-state index >= 15 is 0 Å². The Balaban J connectivity index is 2.19. The van der Waals surface area contributed by atoms with Crippen molar-refractivity contribution in [2.24, 2.45) is 0 Å². The zero-order chi connectivity index (χ0) is 11.1. The minimum Gasteiger partial charge on any atom is -0.315 e. The highest BCUT2D eigenvalue weighted by Crippen LogP contribution is 2.02. The van der Waals surface area contributed by atoms with Crippen molar-refractivity contribution < 1.29 is 0 Å². The van der Waals surface area contributed by atoms with E-state index in [4.69, 9.17) is 0 Å². The molecule has 0 radical (unpaired) electrons. The van der Waals surface area contributed by atoms with Gasteiger partial charge in [0.2, 0.25) is 0 Å². The quantitative estimate of drug-likeness (QED) is 0.698. The van der Waals surface area contributed by atoms with Crippen molar-refractivity contribution in [3.05, 3.63) is 18.0 Å². The van der Waals surface area contributed by atoms with E-state index in [1.54, 1.807) is 0 Å². The van der Waals surface area contributed by atoms with Crippen molar-refractivity contribution in [1.29, 1.82) is 0 Å². The lowest BCUT2D eigenvalue weighted by atomic mass is 10.2. The van der Waals surface area contributed by atoms with Crippen LogP contribution in [0.15, 0.2) is 12.4 Å². The van der Waals surface area contributed by atoms with Crippen molar-refractivity contribution in [2.75, 3.05) is 6.54 Å². The van der Waals surface area contributed by atoms with Gasteiger partial charge in [-0.15, -0.1) is 0 Å². The Morgan fingerprint density at radius 1 is 1.47 bits per heavy atom. The van der Waals surface area contributed by atoms with E-state index in [-0.39, 0.29) is 0 Å². The zero-order valence-electron chi connectivity index (χ0n) is 10.2. The molecule has 1 heterocycles. The first-order valence-corrected chi connectivity index (χ1v) is 5.97. The predicted octanol–water partition coefficient (Wildman–Crippen LogP) is 2.22. The fraction of sp³-hybridized carbons (Fsp3) is 0.750. The van der Waals surface area contributed by atoms with Crippen LogP contribution in [0.2, 0.25) is 0 Å². The summed E-state index contributed by atoms with van der Waals surface area (Å²) < 4.78 is 2.03. The number of aromatic nitrogens is 2. The summed E-state index contributed by atoms with van der Waals surface area (Å²) in [4.78, 5) is 0. The Labute approximate surface area is 92.9 Å². The molecule has 1 aromatic heterocycles. The van der Waals surface area contributed by atoms with Crippen LogP contribution in [0, 0.1) is 0 Å². The van der Waals surface area contributed by atoms with E-state index in [0.717, 1.165) is 25.9 Å². The lowest BCUT2D eigenvalue weighted by Gasteiger charge is -2.06. The maximum atomic E-state index is 4.32. The van der Waals surface area contributed by atoms with E-state index in [9.17, 15) is 0 Å². The standard InChI is InChI=1S/C12H23N3/c1-4-8-15-10-12(9-14-15)6-5-7-13-11(2)3/h9-11,13H,4-8H2,1-3H3. The van der Waals surface area contributed by atoms with Gasteiger partial charge >= 0.3 is 0 Å². The van der Waals surface area contributed by atoms with Crippen LogP contribution in [0.5, 0.6) is 0 Å². The van der Waals surface area contributed by atoms with Gasteiger partial charge in [0.1, 0.15) is 0 Å². The molecule has 1 rings (SSSR count). The third kappa shape index (κ3) is 4.98. The summed E-state index contributed by atoms with van der Waals surface area (Å²) in [7, 11) is 0. The van der Waals surface area contributed by atoms with Crippen LogP contribution in [0.1, 0.15) is 39.2 Å². The van der Waals surface area contributed by atoms with Crippen LogP contribution in [0.25, 0.3) is 0 Å². The molecule has 3 nitrogen and oxygen atoms in total. The van der Waals surface area contributed by atoms with Gasteiger partial charge in [0.15, 0.2) is 0 Å². The van der Waals surface area contributed by atoms with Crippen LogP contribution >= 0.6 is 0 Å². The van der Waals surface area contributed by atoms with Crippen LogP contribution < -0.4 is 5.32 Å². The minimum absolute atomic E-state index is 0.591. The van der Waals surface area contributed by atoms with Gasteiger partial charge in [-0.2, -0.15) is 5.10 Å². The van der Waals surface area contributed by atoms with Crippen molar-refractivity contribution >= 4 is 0 Å². The molecule has 0 saturated heterocycles. The van der Waals surface area contributed by atoms with Gasteiger partial charge in [0.05, 0.1) is 6.20 Å². The number of rotatable bonds is 7. The van der Waals surface area contributed by atoms with E-state index in [2.05, 4.69) is 37.4 Å². The molecule has 0 aliphatic rings. The summed E-state index contributed by atoms with van der Waals surface area (Å²) in [5, 5.41) is 7.74. The number of aryl methyl sites for hydroxylation is 2. The van der Waals surface area contributed by atoms with E-state index in [1.807, 2.05) is 10.9 Å². The van der Waals surface area contributed by atoms with E-state index < -0.39 is 0 Å². The number of nitrogens with one attached hydrogen (secondary N) is 1. The average molecular weight is 209 g/mol. The topological polar surface area (TPSA) is 29.9 Å². The Hall–Kier alpha value is -0.830. The molecule has 0 saturated carbocycles. The van der Waals surface area contributed by atoms with Gasteiger partial charge in [0.25, 0.3) is 0 Å². The largest absolute Gasteiger partial charge is 0.315 e. The highest BCUT2D eigenvalue weighted by molar-refractivity contribution is 5.03. The van der Waals surface area contributed by atoms with Crippen LogP contribution in [0.3, 0.4) is 0 Å². The molecule has 15 heavy (non-hydrogen) atoms. The fourth-order valence-corrected chi connectivity index (χ4v) is 1.57. The Kier molecular flexibility index (Phi) is 5.40. The number of nitrogens with zero attached hydrogens (tertiary/aromatic N) is 2. The predicted molar refractivity (Wildman–Crippen MR) is 64.0 cm³/mol. The van der Waals surface area contributed by atoms with Crippen molar-refractivity contribution in [1.82, 2.24) is 15.1 Å². The highest BCUT2D eigenvalue weighted by atomic mass is 15.3. The monoisotopic (exact) mass is 209 g/mol. The minimum atomic E-state index is 0.591. The first-order chi connectivity index (χ1) is 7.22. The summed E-state index contributed by atoms with van der Waals surface area (Å²) in [5.74, 6) is 0. The second-order valence-corrected chi connectivity index (χ2v) is 4.32. The molecule has 0 unspecified atom stereocenters. The van der Waals surface area contributed by atoms with E-state index in [0.29, 0.717) is 6.04 Å². The summed E-state index contributed by atoms with van der Waals surface area (Å²) in [6.07, 6.45) is 7.62. The molecule has 3 heteroatoms. The van der Waals surface area contributed by atoms with E-state index in [1.165, 1.54) is 12.0 Å². The van der Waals surface area contributed by atoms with Crippen molar-refractivity contribution in [3.63, 3.8) is 0 Å². The van der Waals surface area contributed by atoms with Crippen molar-refractivity contribution in [2.45, 2.75) is 52.6 Å². The molecular formula is C12H23N3. The lowest BCUT2D eigenvalue weighted by molar-refractivity contribution is 0.570. The first kappa shape index (κ1) is 12.2. The normalized spacial score (nSPS) is 11.2. The molecule has 1 aromatic rings. The summed E-state index contributed by atoms with van der Waals surface area (Å²) in [6, 6.07) is 0.591. The third-order valence-corrected chi connectivity index (χ3v) is 2.33. The van der Waals surface area contributed by atoms with Gasteiger partial charge in [-0.25, -0.2) is 0 Å². The van der Waals surface area contributed by atoms with Crippen LogP contribution in [-0.4, -0.2) is 22.4 Å². The van der Waals surface area contributed by atoms with Gasteiger partial charge in [-0.1, -0.05) is 20.8 Å². The second kappa shape index (κ2) is 6.62. The summed E-state index contributed by atoms with van der Waals surface area (Å²) >= 11 is 0.